The minimum Gasteiger partial charge on any atom is -0.445 e. The molecule has 1 aliphatic carbocycles. The molecule has 1 saturated carbocycles. The minimum absolute atomic E-state index is 0.0865. The molecule has 2 fully saturated rings. The summed E-state index contributed by atoms with van der Waals surface area (Å²) in [6.07, 6.45) is 3.54. The van der Waals surface area contributed by atoms with Gasteiger partial charge in [-0.25, -0.2) is 4.79 Å². The number of hydrogen-bond donors (Lipinski definition) is 2. The third-order valence-corrected chi connectivity index (χ3v) is 5.00. The summed E-state index contributed by atoms with van der Waals surface area (Å²) in [5.74, 6) is 0.943. The van der Waals surface area contributed by atoms with E-state index in [0.717, 1.165) is 44.3 Å². The molecule has 1 heterocycles. The van der Waals surface area contributed by atoms with E-state index in [9.17, 15) is 9.90 Å². The first-order valence-electron chi connectivity index (χ1n) is 8.94. The molecule has 0 radical (unpaired) electrons. The van der Waals surface area contributed by atoms with Crippen LogP contribution in [0.4, 0.5) is 4.79 Å². The van der Waals surface area contributed by atoms with Crippen LogP contribution < -0.4 is 5.32 Å². The van der Waals surface area contributed by atoms with Crippen LogP contribution in [0.5, 0.6) is 0 Å². The molecule has 24 heavy (non-hydrogen) atoms. The van der Waals surface area contributed by atoms with Crippen LogP contribution in [-0.4, -0.2) is 48.4 Å². The molecule has 3 unspecified atom stereocenters. The third kappa shape index (κ3) is 5.21. The number of nitrogens with zero attached hydrogens (tertiary/aromatic N) is 1. The van der Waals surface area contributed by atoms with E-state index in [0.29, 0.717) is 18.4 Å². The first-order valence-corrected chi connectivity index (χ1v) is 8.94. The molecule has 132 valence electrons. The Hall–Kier alpha value is -1.59. The summed E-state index contributed by atoms with van der Waals surface area (Å²) in [4.78, 5) is 14.3. The zero-order valence-electron chi connectivity index (χ0n) is 14.4. The van der Waals surface area contributed by atoms with Gasteiger partial charge in [0.1, 0.15) is 6.61 Å². The molecule has 0 aromatic heterocycles. The van der Waals surface area contributed by atoms with Crippen molar-refractivity contribution >= 4 is 6.09 Å². The summed E-state index contributed by atoms with van der Waals surface area (Å²) in [6.45, 7) is 2.11. The highest BCUT2D eigenvalue weighted by molar-refractivity contribution is 5.67. The molecule has 1 aromatic carbocycles. The second kappa shape index (κ2) is 7.99. The Balaban J connectivity index is 1.43. The first-order chi connectivity index (χ1) is 11.6. The molecule has 1 aromatic rings. The van der Waals surface area contributed by atoms with E-state index in [1.165, 1.54) is 0 Å². The van der Waals surface area contributed by atoms with Gasteiger partial charge in [-0.3, -0.25) is 0 Å². The maximum absolute atomic E-state index is 12.0. The SMILES string of the molecule is CN1CC(CC(O)C2CC2)CC(NC(=O)OCc2ccccc2)C1. The molecule has 5 heteroatoms. The maximum Gasteiger partial charge on any atom is 0.407 e. The average molecular weight is 332 g/mol. The van der Waals surface area contributed by atoms with Crippen molar-refractivity contribution in [1.29, 1.82) is 0 Å². The van der Waals surface area contributed by atoms with Gasteiger partial charge < -0.3 is 20.1 Å². The number of aliphatic hydroxyl groups is 1. The molecule has 2 N–H and O–H groups in total. The lowest BCUT2D eigenvalue weighted by Gasteiger charge is -2.36. The van der Waals surface area contributed by atoms with Crippen LogP contribution in [0.15, 0.2) is 30.3 Å². The normalized spacial score (nSPS) is 25.9. The quantitative estimate of drug-likeness (QED) is 0.840. The summed E-state index contributed by atoms with van der Waals surface area (Å²) < 4.78 is 5.31. The molecule has 1 saturated heterocycles. The topological polar surface area (TPSA) is 61.8 Å². The Bertz CT molecular complexity index is 533. The molecule has 2 aliphatic rings. The highest BCUT2D eigenvalue weighted by Crippen LogP contribution is 2.36. The van der Waals surface area contributed by atoms with Crippen molar-refractivity contribution in [2.24, 2.45) is 11.8 Å². The average Bonchev–Trinajstić information content (AvgIpc) is 3.38. The lowest BCUT2D eigenvalue weighted by atomic mass is 9.88. The van der Waals surface area contributed by atoms with Crippen molar-refractivity contribution in [3.05, 3.63) is 35.9 Å². The lowest BCUT2D eigenvalue weighted by Crippen LogP contribution is -2.50. The van der Waals surface area contributed by atoms with Crippen LogP contribution in [0.3, 0.4) is 0 Å². The predicted octanol–water partition coefficient (Wildman–Crippen LogP) is 2.39. The zero-order valence-corrected chi connectivity index (χ0v) is 14.4. The summed E-state index contributed by atoms with van der Waals surface area (Å²) in [5, 5.41) is 13.2. The van der Waals surface area contributed by atoms with Crippen molar-refractivity contribution < 1.29 is 14.6 Å². The van der Waals surface area contributed by atoms with Crippen LogP contribution in [0, 0.1) is 11.8 Å². The van der Waals surface area contributed by atoms with Crippen molar-refractivity contribution in [3.8, 4) is 0 Å². The summed E-state index contributed by atoms with van der Waals surface area (Å²) >= 11 is 0. The smallest absolute Gasteiger partial charge is 0.407 e. The van der Waals surface area contributed by atoms with Crippen LogP contribution in [-0.2, 0) is 11.3 Å². The van der Waals surface area contributed by atoms with Crippen molar-refractivity contribution in [2.75, 3.05) is 20.1 Å². The van der Waals surface area contributed by atoms with Crippen molar-refractivity contribution in [2.45, 2.75) is 44.4 Å². The number of carbonyl (C=O) groups is 1. The van der Waals surface area contributed by atoms with E-state index in [2.05, 4.69) is 17.3 Å². The number of alkyl carbamates (subject to hydrolysis) is 1. The Morgan fingerprint density at radius 2 is 2.08 bits per heavy atom. The Kier molecular flexibility index (Phi) is 5.74. The fourth-order valence-corrected chi connectivity index (χ4v) is 3.66. The minimum atomic E-state index is -0.361. The van der Waals surface area contributed by atoms with Gasteiger partial charge in [-0.1, -0.05) is 30.3 Å². The van der Waals surface area contributed by atoms with Crippen LogP contribution >= 0.6 is 0 Å². The number of piperidine rings is 1. The van der Waals surface area contributed by atoms with Gasteiger partial charge in [-0.15, -0.1) is 0 Å². The highest BCUT2D eigenvalue weighted by atomic mass is 16.5. The standard InChI is InChI=1S/C19H28N2O3/c1-21-11-15(10-18(22)16-7-8-16)9-17(12-21)20-19(23)24-13-14-5-3-2-4-6-14/h2-6,15-18,22H,7-13H2,1H3,(H,20,23). The second-order valence-electron chi connectivity index (χ2n) is 7.37. The maximum atomic E-state index is 12.0. The number of ether oxygens (including phenoxy) is 1. The van der Waals surface area contributed by atoms with Crippen LogP contribution in [0.2, 0.25) is 0 Å². The predicted molar refractivity (Wildman–Crippen MR) is 92.5 cm³/mol. The Morgan fingerprint density at radius 3 is 2.79 bits per heavy atom. The lowest BCUT2D eigenvalue weighted by molar-refractivity contribution is 0.0797. The molecule has 1 amide bonds. The molecule has 5 nitrogen and oxygen atoms in total. The first kappa shape index (κ1) is 17.2. The number of carbonyl (C=O) groups excluding carboxylic acids is 1. The second-order valence-corrected chi connectivity index (χ2v) is 7.37. The van der Waals surface area contributed by atoms with Gasteiger partial charge in [0, 0.05) is 19.1 Å². The van der Waals surface area contributed by atoms with E-state index in [4.69, 9.17) is 4.74 Å². The summed E-state index contributed by atoms with van der Waals surface area (Å²) in [6, 6.07) is 9.78. The molecule has 1 aliphatic heterocycles. The fraction of sp³-hybridized carbons (Fsp3) is 0.632. The number of rotatable bonds is 6. The largest absolute Gasteiger partial charge is 0.445 e. The molecule has 0 spiro atoms. The molecule has 0 bridgehead atoms. The van der Waals surface area contributed by atoms with E-state index in [-0.39, 0.29) is 18.2 Å². The monoisotopic (exact) mass is 332 g/mol. The van der Waals surface area contributed by atoms with Crippen LogP contribution in [0.25, 0.3) is 0 Å². The van der Waals surface area contributed by atoms with Gasteiger partial charge in [0.05, 0.1) is 6.10 Å². The number of amides is 1. The Labute approximate surface area is 144 Å². The molecule has 3 atom stereocenters. The molecular weight excluding hydrogens is 304 g/mol. The number of hydrogen-bond acceptors (Lipinski definition) is 4. The number of likely N-dealkylation sites (tertiary alicyclic amines) is 1. The van der Waals surface area contributed by atoms with Gasteiger partial charge in [0.15, 0.2) is 0 Å². The third-order valence-electron chi connectivity index (χ3n) is 5.00. The van der Waals surface area contributed by atoms with Gasteiger partial charge in [0.2, 0.25) is 0 Å². The summed E-state index contributed by atoms with van der Waals surface area (Å²) in [7, 11) is 2.07. The van der Waals surface area contributed by atoms with E-state index in [1.807, 2.05) is 30.3 Å². The van der Waals surface area contributed by atoms with Crippen molar-refractivity contribution in [1.82, 2.24) is 10.2 Å². The number of nitrogens with one attached hydrogen (secondary N) is 1. The fourth-order valence-electron chi connectivity index (χ4n) is 3.66. The Morgan fingerprint density at radius 1 is 1.33 bits per heavy atom. The number of likely N-dealkylation sites (N-methyl/N-ethyl adjacent to an activating group) is 1. The number of benzene rings is 1. The summed E-state index contributed by atoms with van der Waals surface area (Å²) in [5.41, 5.74) is 0.985. The number of aliphatic hydroxyl groups excluding tert-OH is 1. The molecule has 3 rings (SSSR count). The molecular formula is C19H28N2O3. The van der Waals surface area contributed by atoms with Crippen molar-refractivity contribution in [3.63, 3.8) is 0 Å². The zero-order chi connectivity index (χ0) is 16.9. The van der Waals surface area contributed by atoms with Crippen LogP contribution in [0.1, 0.15) is 31.2 Å². The van der Waals surface area contributed by atoms with Gasteiger partial charge in [-0.05, 0) is 50.1 Å². The van der Waals surface area contributed by atoms with E-state index >= 15 is 0 Å². The van der Waals surface area contributed by atoms with Gasteiger partial charge in [-0.2, -0.15) is 0 Å². The van der Waals surface area contributed by atoms with Gasteiger partial charge >= 0.3 is 6.09 Å². The van der Waals surface area contributed by atoms with E-state index in [1.54, 1.807) is 0 Å². The van der Waals surface area contributed by atoms with Gasteiger partial charge in [0.25, 0.3) is 0 Å². The highest BCUT2D eigenvalue weighted by Gasteiger charge is 2.34. The van der Waals surface area contributed by atoms with E-state index < -0.39 is 0 Å².